The fraction of sp³-hybridized carbons (Fsp3) is 0.452. The lowest BCUT2D eigenvalue weighted by Gasteiger charge is -2.54. The molecule has 3 aliphatic heterocycles. The van der Waals surface area contributed by atoms with E-state index in [0.717, 1.165) is 47.5 Å². The molecule has 44 heavy (non-hydrogen) atoms. The average molecular weight is 659 g/mol. The predicted octanol–water partition coefficient (Wildman–Crippen LogP) is 6.02. The van der Waals surface area contributed by atoms with E-state index in [1.807, 2.05) is 43.5 Å². The van der Waals surface area contributed by atoms with Crippen molar-refractivity contribution in [1.29, 1.82) is 0 Å². The van der Waals surface area contributed by atoms with E-state index in [2.05, 4.69) is 40.2 Å². The number of ether oxygens (including phenoxy) is 1. The van der Waals surface area contributed by atoms with Gasteiger partial charge in [0.25, 0.3) is 0 Å². The molecule has 4 atom stereocenters. The van der Waals surface area contributed by atoms with Gasteiger partial charge in [-0.15, -0.1) is 0 Å². The zero-order valence-electron chi connectivity index (χ0n) is 25.5. The summed E-state index contributed by atoms with van der Waals surface area (Å²) < 4.78 is 34.4. The number of halogens is 2. The topological polar surface area (TPSA) is 96.7 Å². The first-order chi connectivity index (χ1) is 21.0. The number of anilines is 1. The van der Waals surface area contributed by atoms with Crippen LogP contribution in [0.5, 0.6) is 5.75 Å². The Bertz CT molecular complexity index is 1750. The van der Waals surface area contributed by atoms with Crippen molar-refractivity contribution in [3.63, 3.8) is 0 Å². The van der Waals surface area contributed by atoms with Crippen LogP contribution in [0.4, 0.5) is 5.82 Å². The first-order valence-corrected chi connectivity index (χ1v) is 17.5. The third-order valence-electron chi connectivity index (χ3n) is 8.84. The highest BCUT2D eigenvalue weighted by Gasteiger charge is 2.49. The van der Waals surface area contributed by atoms with E-state index in [9.17, 15) is 8.42 Å². The summed E-state index contributed by atoms with van der Waals surface area (Å²) in [6.07, 6.45) is 6.80. The molecule has 4 aromatic rings. The van der Waals surface area contributed by atoms with Crippen LogP contribution in [-0.2, 0) is 10.0 Å². The molecular formula is C31H37Cl2N7O3S. The van der Waals surface area contributed by atoms with E-state index in [1.165, 1.54) is 6.26 Å². The third kappa shape index (κ3) is 5.64. The number of hydrogen-bond donors (Lipinski definition) is 0. The molecule has 3 aliphatic rings. The molecule has 3 aromatic heterocycles. The Labute approximate surface area is 268 Å². The monoisotopic (exact) mass is 657 g/mol. The van der Waals surface area contributed by atoms with Gasteiger partial charge in [-0.25, -0.2) is 18.1 Å². The van der Waals surface area contributed by atoms with Crippen molar-refractivity contribution in [2.24, 2.45) is 0 Å². The maximum Gasteiger partial charge on any atom is 0.211 e. The van der Waals surface area contributed by atoms with E-state index in [4.69, 9.17) is 38.0 Å². The summed E-state index contributed by atoms with van der Waals surface area (Å²) in [5, 5.41) is 6.97. The summed E-state index contributed by atoms with van der Waals surface area (Å²) in [6, 6.07) is 10.0. The van der Waals surface area contributed by atoms with Gasteiger partial charge in [0.1, 0.15) is 29.5 Å². The largest absolute Gasteiger partial charge is 0.486 e. The van der Waals surface area contributed by atoms with Crippen LogP contribution < -0.4 is 9.64 Å². The van der Waals surface area contributed by atoms with E-state index < -0.39 is 16.1 Å². The normalized spacial score (nSPS) is 20.1. The average Bonchev–Trinajstić information content (AvgIpc) is 3.35. The van der Waals surface area contributed by atoms with Crippen LogP contribution in [0.2, 0.25) is 10.0 Å². The number of piperazine rings is 1. The van der Waals surface area contributed by atoms with Crippen LogP contribution >= 0.6 is 23.2 Å². The molecule has 3 saturated heterocycles. The number of aromatic nitrogens is 4. The van der Waals surface area contributed by atoms with Crippen molar-refractivity contribution >= 4 is 49.9 Å². The van der Waals surface area contributed by atoms with Gasteiger partial charge < -0.3 is 9.64 Å². The van der Waals surface area contributed by atoms with Crippen LogP contribution in [-0.4, -0.2) is 81.9 Å². The van der Waals surface area contributed by atoms with Gasteiger partial charge in [0.15, 0.2) is 0 Å². The number of pyridine rings is 2. The molecular weight excluding hydrogens is 621 g/mol. The molecule has 10 nitrogen and oxygen atoms in total. The number of rotatable bonds is 10. The lowest BCUT2D eigenvalue weighted by Crippen LogP contribution is -2.70. The molecule has 0 amide bonds. The summed E-state index contributed by atoms with van der Waals surface area (Å²) in [7, 11) is -3.19. The van der Waals surface area contributed by atoms with Gasteiger partial charge in [-0.1, -0.05) is 37.0 Å². The van der Waals surface area contributed by atoms with Gasteiger partial charge in [0.2, 0.25) is 10.0 Å². The number of fused-ring (bicyclic) bond motifs is 3. The van der Waals surface area contributed by atoms with Crippen LogP contribution in [0.1, 0.15) is 51.9 Å². The van der Waals surface area contributed by atoms with E-state index in [0.29, 0.717) is 34.4 Å². The quantitative estimate of drug-likeness (QED) is 0.204. The van der Waals surface area contributed by atoms with Crippen LogP contribution in [0.25, 0.3) is 22.2 Å². The van der Waals surface area contributed by atoms with Gasteiger partial charge in [-0.3, -0.25) is 9.88 Å². The first kappa shape index (κ1) is 31.0. The van der Waals surface area contributed by atoms with Gasteiger partial charge in [-0.05, 0) is 63.7 Å². The van der Waals surface area contributed by atoms with Crippen LogP contribution in [0, 0.1) is 0 Å². The number of sulfonamides is 1. The minimum absolute atomic E-state index is 0.00385. The molecule has 0 spiro atoms. The zero-order valence-corrected chi connectivity index (χ0v) is 27.8. The predicted molar refractivity (Wildman–Crippen MR) is 175 cm³/mol. The Kier molecular flexibility index (Phi) is 8.53. The van der Waals surface area contributed by atoms with Crippen LogP contribution in [0.3, 0.4) is 0 Å². The Morgan fingerprint density at radius 3 is 2.30 bits per heavy atom. The minimum atomic E-state index is -3.19. The Hall–Kier alpha value is -2.96. The van der Waals surface area contributed by atoms with Crippen molar-refractivity contribution in [3.8, 4) is 17.0 Å². The molecule has 0 aliphatic carbocycles. The van der Waals surface area contributed by atoms with Gasteiger partial charge in [0, 0.05) is 60.3 Å². The number of benzene rings is 1. The minimum Gasteiger partial charge on any atom is -0.486 e. The fourth-order valence-corrected chi connectivity index (χ4v) is 8.75. The highest BCUT2D eigenvalue weighted by atomic mass is 35.5. The van der Waals surface area contributed by atoms with Crippen LogP contribution in [0.15, 0.2) is 48.9 Å². The molecule has 234 valence electrons. The third-order valence-corrected chi connectivity index (χ3v) is 10.8. The molecule has 0 saturated carbocycles. The molecule has 3 unspecified atom stereocenters. The number of nitrogens with zero attached hydrogens (tertiary/aromatic N) is 7. The maximum absolute atomic E-state index is 12.2. The highest BCUT2D eigenvalue weighted by molar-refractivity contribution is 7.88. The second kappa shape index (κ2) is 12.1. The van der Waals surface area contributed by atoms with Crippen molar-refractivity contribution in [3.05, 3.63) is 64.5 Å². The van der Waals surface area contributed by atoms with Gasteiger partial charge in [0.05, 0.1) is 21.8 Å². The molecule has 0 radical (unpaired) electrons. The second-order valence-electron chi connectivity index (χ2n) is 11.5. The lowest BCUT2D eigenvalue weighted by atomic mass is 9.91. The summed E-state index contributed by atoms with van der Waals surface area (Å²) in [6.45, 7) is 11.4. The Morgan fingerprint density at radius 2 is 1.70 bits per heavy atom. The smallest absolute Gasteiger partial charge is 0.211 e. The van der Waals surface area contributed by atoms with E-state index >= 15 is 0 Å². The summed E-state index contributed by atoms with van der Waals surface area (Å²) >= 11 is 12.8. The SMILES string of the molecule is CCN(CC)C(C)n1nc(-c2ccc(N3CC4CC(C3)N4S(C)(=O)=O)nc2)c2cc(O[C@H](C)c3c(Cl)cncc3Cl)ccc21. The molecule has 7 rings (SSSR count). The summed E-state index contributed by atoms with van der Waals surface area (Å²) in [4.78, 5) is 13.4. The zero-order chi connectivity index (χ0) is 31.3. The highest BCUT2D eigenvalue weighted by Crippen LogP contribution is 2.38. The van der Waals surface area contributed by atoms with Gasteiger partial charge >= 0.3 is 0 Å². The van der Waals surface area contributed by atoms with Gasteiger partial charge in [-0.2, -0.15) is 9.40 Å². The second-order valence-corrected chi connectivity index (χ2v) is 14.3. The molecule has 3 fully saturated rings. The number of hydrogen-bond acceptors (Lipinski definition) is 8. The number of piperidine rings is 1. The Morgan fingerprint density at radius 1 is 1.02 bits per heavy atom. The molecule has 0 N–H and O–H groups in total. The standard InChI is InChI=1S/C31H37Cl2N7O3S/c1-6-37(7-2)20(4)39-28-10-9-24(43-19(3)30-26(32)15-34-16-27(30)33)13-25(28)31(36-39)21-8-11-29(35-14-21)38-17-22-12-23(18-38)40(22)44(5,41)42/h8-11,13-16,19-20,22-23H,6-7,12,17-18H2,1-5H3/t19-,20?,22?,23?/m1/s1. The van der Waals surface area contributed by atoms with E-state index in [-0.39, 0.29) is 18.2 Å². The molecule has 6 heterocycles. The van der Waals surface area contributed by atoms with E-state index in [1.54, 1.807) is 16.7 Å². The first-order valence-electron chi connectivity index (χ1n) is 14.9. The fourth-order valence-electron chi connectivity index (χ4n) is 6.69. The van der Waals surface area contributed by atoms with Crippen molar-refractivity contribution < 1.29 is 13.2 Å². The lowest BCUT2D eigenvalue weighted by molar-refractivity contribution is 0.0884. The van der Waals surface area contributed by atoms with Crippen molar-refractivity contribution in [1.82, 2.24) is 29.0 Å². The summed E-state index contributed by atoms with van der Waals surface area (Å²) in [5.41, 5.74) is 3.36. The van der Waals surface area contributed by atoms with Crippen molar-refractivity contribution in [2.45, 2.75) is 58.5 Å². The maximum atomic E-state index is 12.2. The summed E-state index contributed by atoms with van der Waals surface area (Å²) in [5.74, 6) is 1.50. The Balaban J connectivity index is 1.33. The molecule has 1 aromatic carbocycles. The molecule has 2 bridgehead atoms. The van der Waals surface area contributed by atoms with Crippen molar-refractivity contribution in [2.75, 3.05) is 37.3 Å². The molecule has 13 heteroatoms.